The first-order valence-corrected chi connectivity index (χ1v) is 9.07. The van der Waals surface area contributed by atoms with Crippen LogP contribution in [0.5, 0.6) is 0 Å². The third-order valence-electron chi connectivity index (χ3n) is 5.00. The molecule has 0 radical (unpaired) electrons. The molecule has 2 N–H and O–H groups in total. The zero-order valence-electron chi connectivity index (χ0n) is 15.6. The van der Waals surface area contributed by atoms with Gasteiger partial charge in [0.1, 0.15) is 17.3 Å². The van der Waals surface area contributed by atoms with E-state index >= 15 is 0 Å². The summed E-state index contributed by atoms with van der Waals surface area (Å²) in [4.78, 5) is 13.0. The maximum Gasteiger partial charge on any atom is 0.227 e. The Bertz CT molecular complexity index is 797. The van der Waals surface area contributed by atoms with E-state index in [9.17, 15) is 14.3 Å². The molecule has 1 aliphatic heterocycles. The van der Waals surface area contributed by atoms with Crippen molar-refractivity contribution in [1.82, 2.24) is 10.5 Å². The summed E-state index contributed by atoms with van der Waals surface area (Å²) < 4.78 is 24.8. The summed E-state index contributed by atoms with van der Waals surface area (Å²) in [7, 11) is 0. The van der Waals surface area contributed by atoms with Gasteiger partial charge in [0.25, 0.3) is 0 Å². The fourth-order valence-corrected chi connectivity index (χ4v) is 3.25. The number of hydrogen-bond donors (Lipinski definition) is 2. The molecule has 0 atom stereocenters. The van der Waals surface area contributed by atoms with Gasteiger partial charge in [-0.25, -0.2) is 4.39 Å². The van der Waals surface area contributed by atoms with Gasteiger partial charge in [0.05, 0.1) is 17.6 Å². The van der Waals surface area contributed by atoms with E-state index in [1.54, 1.807) is 38.1 Å². The van der Waals surface area contributed by atoms with Crippen LogP contribution in [0.25, 0.3) is 11.3 Å². The van der Waals surface area contributed by atoms with Gasteiger partial charge in [0.2, 0.25) is 5.91 Å². The van der Waals surface area contributed by atoms with E-state index < -0.39 is 11.0 Å². The zero-order chi connectivity index (χ0) is 19.5. The highest BCUT2D eigenvalue weighted by Crippen LogP contribution is 2.36. The Labute approximate surface area is 157 Å². The number of nitrogens with one attached hydrogen (secondary N) is 1. The van der Waals surface area contributed by atoms with Crippen LogP contribution in [0.3, 0.4) is 0 Å². The number of rotatable bonds is 6. The molecule has 1 aromatic carbocycles. The van der Waals surface area contributed by atoms with Crippen molar-refractivity contribution in [3.05, 3.63) is 41.9 Å². The number of benzene rings is 1. The molecule has 3 rings (SSSR count). The molecule has 2 aromatic rings. The first kappa shape index (κ1) is 19.5. The lowest BCUT2D eigenvalue weighted by Gasteiger charge is -2.38. The van der Waals surface area contributed by atoms with E-state index in [4.69, 9.17) is 9.26 Å². The van der Waals surface area contributed by atoms with Crippen LogP contribution in [0.15, 0.2) is 34.9 Å². The Morgan fingerprint density at radius 1 is 1.33 bits per heavy atom. The van der Waals surface area contributed by atoms with Gasteiger partial charge < -0.3 is 19.7 Å². The van der Waals surface area contributed by atoms with Gasteiger partial charge in [-0.15, -0.1) is 0 Å². The normalized spacial score (nSPS) is 16.9. The highest BCUT2D eigenvalue weighted by molar-refractivity contribution is 5.83. The van der Waals surface area contributed by atoms with Crippen molar-refractivity contribution < 1.29 is 23.6 Å². The average molecular weight is 376 g/mol. The van der Waals surface area contributed by atoms with Crippen LogP contribution in [-0.4, -0.2) is 41.5 Å². The molecule has 0 saturated carbocycles. The van der Waals surface area contributed by atoms with Crippen molar-refractivity contribution in [2.45, 2.75) is 38.6 Å². The van der Waals surface area contributed by atoms with Crippen LogP contribution in [0.1, 0.15) is 32.4 Å². The van der Waals surface area contributed by atoms with Crippen molar-refractivity contribution in [2.24, 2.45) is 5.41 Å². The minimum Gasteiger partial charge on any atom is -0.394 e. The Morgan fingerprint density at radius 2 is 2.04 bits per heavy atom. The second kappa shape index (κ2) is 7.78. The van der Waals surface area contributed by atoms with E-state index in [0.29, 0.717) is 49.5 Å². The summed E-state index contributed by atoms with van der Waals surface area (Å²) in [6, 6.07) is 8.03. The number of ether oxygens (including phenoxy) is 1. The molecule has 0 unspecified atom stereocenters. The summed E-state index contributed by atoms with van der Waals surface area (Å²) in [6.07, 6.45) is 1.41. The minimum atomic E-state index is -0.720. The van der Waals surface area contributed by atoms with Crippen LogP contribution in [-0.2, 0) is 16.0 Å². The summed E-state index contributed by atoms with van der Waals surface area (Å²) in [5.74, 6) is 0.00127. The van der Waals surface area contributed by atoms with Gasteiger partial charge in [0, 0.05) is 31.3 Å². The number of nitrogens with zero attached hydrogens (tertiary/aromatic N) is 1. The molecular formula is C20H25FN2O4. The fourth-order valence-electron chi connectivity index (χ4n) is 3.25. The van der Waals surface area contributed by atoms with Gasteiger partial charge in [0.15, 0.2) is 0 Å². The molecule has 146 valence electrons. The molecule has 1 amide bonds. The van der Waals surface area contributed by atoms with E-state index in [0.717, 1.165) is 0 Å². The lowest BCUT2D eigenvalue weighted by Crippen LogP contribution is -2.54. The molecule has 1 aromatic heterocycles. The molecule has 27 heavy (non-hydrogen) atoms. The zero-order valence-corrected chi connectivity index (χ0v) is 15.6. The number of carbonyl (C=O) groups excluding carboxylic acids is 1. The number of aromatic nitrogens is 1. The Kier molecular flexibility index (Phi) is 5.62. The predicted molar refractivity (Wildman–Crippen MR) is 97.4 cm³/mol. The summed E-state index contributed by atoms with van der Waals surface area (Å²) in [6.45, 7) is 4.32. The third-order valence-corrected chi connectivity index (χ3v) is 5.00. The van der Waals surface area contributed by atoms with Gasteiger partial charge in [-0.2, -0.15) is 0 Å². The fraction of sp³-hybridized carbons (Fsp3) is 0.500. The molecule has 1 aliphatic rings. The Balaban J connectivity index is 1.83. The second-order valence-corrected chi connectivity index (χ2v) is 7.72. The molecular weight excluding hydrogens is 351 g/mol. The molecule has 7 heteroatoms. The summed E-state index contributed by atoms with van der Waals surface area (Å²) in [5.41, 5.74) is -0.667. The van der Waals surface area contributed by atoms with Crippen molar-refractivity contribution in [2.75, 3.05) is 19.8 Å². The van der Waals surface area contributed by atoms with E-state index in [-0.39, 0.29) is 18.3 Å². The topological polar surface area (TPSA) is 84.6 Å². The van der Waals surface area contributed by atoms with Gasteiger partial charge in [-0.05, 0) is 38.8 Å². The number of amides is 1. The van der Waals surface area contributed by atoms with Crippen LogP contribution >= 0.6 is 0 Å². The van der Waals surface area contributed by atoms with Crippen LogP contribution in [0.2, 0.25) is 0 Å². The number of hydrogen-bond acceptors (Lipinski definition) is 5. The first-order chi connectivity index (χ1) is 12.9. The van der Waals surface area contributed by atoms with Gasteiger partial charge in [-0.1, -0.05) is 17.3 Å². The standard InChI is InChI=1S/C20H25FN2O4/c1-19(2,13-24)22-18(25)20(7-9-26-10-8-20)12-14-11-17(23-27-14)15-5-3-4-6-16(15)21/h3-6,11,24H,7-10,12-13H2,1-2H3,(H,22,25). The maximum atomic E-state index is 14.0. The Morgan fingerprint density at radius 3 is 2.70 bits per heavy atom. The molecule has 6 nitrogen and oxygen atoms in total. The molecule has 1 saturated heterocycles. The lowest BCUT2D eigenvalue weighted by atomic mass is 9.75. The van der Waals surface area contributed by atoms with E-state index in [2.05, 4.69) is 10.5 Å². The van der Waals surface area contributed by atoms with Crippen LogP contribution in [0.4, 0.5) is 4.39 Å². The molecule has 2 heterocycles. The molecule has 1 fully saturated rings. The molecule has 0 spiro atoms. The highest BCUT2D eigenvalue weighted by atomic mass is 19.1. The summed E-state index contributed by atoms with van der Waals surface area (Å²) >= 11 is 0. The third kappa shape index (κ3) is 4.36. The van der Waals surface area contributed by atoms with E-state index in [1.165, 1.54) is 6.07 Å². The number of aliphatic hydroxyl groups excluding tert-OH is 1. The quantitative estimate of drug-likeness (QED) is 0.810. The Hall–Kier alpha value is -2.25. The number of carbonyl (C=O) groups is 1. The average Bonchev–Trinajstić information content (AvgIpc) is 3.10. The van der Waals surface area contributed by atoms with Crippen molar-refractivity contribution >= 4 is 5.91 Å². The van der Waals surface area contributed by atoms with Gasteiger partial charge >= 0.3 is 0 Å². The van der Waals surface area contributed by atoms with Crippen LogP contribution in [0, 0.1) is 11.2 Å². The SMILES string of the molecule is CC(C)(CO)NC(=O)C1(Cc2cc(-c3ccccc3F)no2)CCOCC1. The molecule has 0 aliphatic carbocycles. The smallest absolute Gasteiger partial charge is 0.227 e. The minimum absolute atomic E-state index is 0.145. The van der Waals surface area contributed by atoms with Crippen molar-refractivity contribution in [1.29, 1.82) is 0 Å². The van der Waals surface area contributed by atoms with E-state index in [1.807, 2.05) is 0 Å². The maximum absolute atomic E-state index is 14.0. The first-order valence-electron chi connectivity index (χ1n) is 9.07. The lowest BCUT2D eigenvalue weighted by molar-refractivity contribution is -0.139. The largest absolute Gasteiger partial charge is 0.394 e. The number of halogens is 1. The summed E-state index contributed by atoms with van der Waals surface area (Å²) in [5, 5.41) is 16.4. The predicted octanol–water partition coefficient (Wildman–Crippen LogP) is 2.71. The number of aliphatic hydroxyl groups is 1. The monoisotopic (exact) mass is 376 g/mol. The molecule has 0 bridgehead atoms. The van der Waals surface area contributed by atoms with Crippen molar-refractivity contribution in [3.8, 4) is 11.3 Å². The van der Waals surface area contributed by atoms with Crippen molar-refractivity contribution in [3.63, 3.8) is 0 Å². The highest BCUT2D eigenvalue weighted by Gasteiger charge is 2.42. The van der Waals surface area contributed by atoms with Gasteiger partial charge in [-0.3, -0.25) is 4.79 Å². The van der Waals surface area contributed by atoms with Crippen LogP contribution < -0.4 is 5.32 Å². The second-order valence-electron chi connectivity index (χ2n) is 7.72.